The van der Waals surface area contributed by atoms with E-state index in [4.69, 9.17) is 0 Å². The number of carbonyl (C=O) groups excluding carboxylic acids is 2. The molecular weight excluding hydrogens is 258 g/mol. The van der Waals surface area contributed by atoms with Crippen LogP contribution in [0.15, 0.2) is 0 Å². The second-order valence-corrected chi connectivity index (χ2v) is 6.89. The molecule has 2 aliphatic rings. The first-order valence-electron chi connectivity index (χ1n) is 7.38. The molecule has 0 unspecified atom stereocenters. The number of imide groups is 1. The Bertz CT molecular complexity index is 413. The highest BCUT2D eigenvalue weighted by Crippen LogP contribution is 2.40. The smallest absolute Gasteiger partial charge is 0.330 e. The molecule has 112 valence electrons. The van der Waals surface area contributed by atoms with Gasteiger partial charge in [-0.15, -0.1) is 0 Å². The Hall–Kier alpha value is -1.39. The maximum atomic E-state index is 12.4. The molecule has 1 N–H and O–H groups in total. The summed E-state index contributed by atoms with van der Waals surface area (Å²) in [5.74, 6) is -1.67. The van der Waals surface area contributed by atoms with Gasteiger partial charge in [-0.2, -0.15) is 0 Å². The highest BCUT2D eigenvalue weighted by molar-refractivity contribution is 6.03. The Labute approximate surface area is 119 Å². The molecule has 0 aromatic carbocycles. The van der Waals surface area contributed by atoms with Gasteiger partial charge in [0, 0.05) is 12.8 Å². The number of piperidine rings is 1. The van der Waals surface area contributed by atoms with Crippen LogP contribution in [0.5, 0.6) is 0 Å². The summed E-state index contributed by atoms with van der Waals surface area (Å²) in [7, 11) is 0. The molecule has 0 radical (unpaired) electrons. The van der Waals surface area contributed by atoms with E-state index in [0.29, 0.717) is 12.8 Å². The number of carboxylic acids is 1. The van der Waals surface area contributed by atoms with Crippen LogP contribution in [0.2, 0.25) is 0 Å². The molecule has 1 heterocycles. The van der Waals surface area contributed by atoms with Crippen molar-refractivity contribution in [2.24, 2.45) is 5.41 Å². The Balaban J connectivity index is 2.36. The molecule has 1 aliphatic heterocycles. The van der Waals surface area contributed by atoms with Gasteiger partial charge in [0.15, 0.2) is 0 Å². The number of aliphatic carboxylic acids is 1. The van der Waals surface area contributed by atoms with E-state index in [1.807, 2.05) is 13.8 Å². The summed E-state index contributed by atoms with van der Waals surface area (Å²) in [6.45, 7) is 3.75. The number of likely N-dealkylation sites (tertiary alicyclic amines) is 1. The van der Waals surface area contributed by atoms with E-state index >= 15 is 0 Å². The van der Waals surface area contributed by atoms with Crippen molar-refractivity contribution in [1.82, 2.24) is 4.90 Å². The quantitative estimate of drug-likeness (QED) is 0.622. The van der Waals surface area contributed by atoms with Gasteiger partial charge in [-0.1, -0.05) is 39.5 Å². The molecule has 2 rings (SSSR count). The van der Waals surface area contributed by atoms with E-state index < -0.39 is 11.5 Å². The third-order valence-corrected chi connectivity index (χ3v) is 4.52. The second kappa shape index (κ2) is 5.19. The molecule has 0 aromatic heterocycles. The van der Waals surface area contributed by atoms with Crippen LogP contribution in [0.3, 0.4) is 0 Å². The summed E-state index contributed by atoms with van der Waals surface area (Å²) in [4.78, 5) is 37.7. The number of carboxylic acid groups (broad SMARTS) is 1. The molecule has 20 heavy (non-hydrogen) atoms. The van der Waals surface area contributed by atoms with E-state index in [1.54, 1.807) is 0 Å². The topological polar surface area (TPSA) is 74.7 Å². The largest absolute Gasteiger partial charge is 0.479 e. The van der Waals surface area contributed by atoms with E-state index in [2.05, 4.69) is 0 Å². The summed E-state index contributed by atoms with van der Waals surface area (Å²) >= 11 is 0. The molecule has 2 amide bonds. The zero-order chi connectivity index (χ0) is 15.0. The average Bonchev–Trinajstić information content (AvgIpc) is 2.52. The third kappa shape index (κ3) is 2.58. The fraction of sp³-hybridized carbons (Fsp3) is 0.800. The minimum atomic E-state index is -1.30. The Morgan fingerprint density at radius 1 is 1.00 bits per heavy atom. The van der Waals surface area contributed by atoms with E-state index in [1.165, 1.54) is 0 Å². The fourth-order valence-electron chi connectivity index (χ4n) is 3.50. The van der Waals surface area contributed by atoms with Crippen molar-refractivity contribution < 1.29 is 19.5 Å². The molecule has 5 nitrogen and oxygen atoms in total. The van der Waals surface area contributed by atoms with Crippen LogP contribution < -0.4 is 0 Å². The number of carbonyl (C=O) groups is 3. The molecule has 0 bridgehead atoms. The first-order valence-corrected chi connectivity index (χ1v) is 7.38. The van der Waals surface area contributed by atoms with Gasteiger partial charge in [-0.3, -0.25) is 14.5 Å². The number of nitrogens with zero attached hydrogens (tertiary/aromatic N) is 1. The molecule has 0 spiro atoms. The number of hydrogen-bond donors (Lipinski definition) is 1. The number of amides is 2. The summed E-state index contributed by atoms with van der Waals surface area (Å²) in [5, 5.41) is 9.69. The Morgan fingerprint density at radius 2 is 1.45 bits per heavy atom. The molecule has 1 saturated heterocycles. The van der Waals surface area contributed by atoms with Crippen molar-refractivity contribution in [2.75, 3.05) is 0 Å². The molecule has 2 fully saturated rings. The van der Waals surface area contributed by atoms with Gasteiger partial charge in [0.2, 0.25) is 11.8 Å². The van der Waals surface area contributed by atoms with Crippen LogP contribution >= 0.6 is 0 Å². The van der Waals surface area contributed by atoms with Crippen LogP contribution in [0.1, 0.15) is 65.2 Å². The summed E-state index contributed by atoms with van der Waals surface area (Å²) in [6.07, 6.45) is 4.72. The van der Waals surface area contributed by atoms with Crippen LogP contribution in [0.4, 0.5) is 0 Å². The first kappa shape index (κ1) is 15.0. The van der Waals surface area contributed by atoms with Gasteiger partial charge in [-0.25, -0.2) is 4.79 Å². The maximum Gasteiger partial charge on any atom is 0.330 e. The lowest BCUT2D eigenvalue weighted by Crippen LogP contribution is -2.62. The van der Waals surface area contributed by atoms with E-state index in [-0.39, 0.29) is 30.1 Å². The predicted molar refractivity (Wildman–Crippen MR) is 72.9 cm³/mol. The predicted octanol–water partition coefficient (Wildman–Crippen LogP) is 2.34. The lowest BCUT2D eigenvalue weighted by Gasteiger charge is -2.44. The molecule has 5 heteroatoms. The van der Waals surface area contributed by atoms with Gasteiger partial charge in [0.05, 0.1) is 0 Å². The summed E-state index contributed by atoms with van der Waals surface area (Å²) in [6, 6.07) is 0. The second-order valence-electron chi connectivity index (χ2n) is 6.89. The molecule has 1 saturated carbocycles. The normalized spacial score (nSPS) is 26.2. The average molecular weight is 281 g/mol. The van der Waals surface area contributed by atoms with E-state index in [9.17, 15) is 19.5 Å². The highest BCUT2D eigenvalue weighted by atomic mass is 16.4. The van der Waals surface area contributed by atoms with Gasteiger partial charge in [-0.05, 0) is 18.3 Å². The van der Waals surface area contributed by atoms with Gasteiger partial charge in [0.25, 0.3) is 0 Å². The third-order valence-electron chi connectivity index (χ3n) is 4.52. The standard InChI is InChI=1S/C15H23NO4/c1-14(2)9-11(17)16(12(18)10-14)15(13(19)20)7-5-3-4-6-8-15/h3-10H2,1-2H3,(H,19,20). The summed E-state index contributed by atoms with van der Waals surface area (Å²) in [5.41, 5.74) is -1.67. The van der Waals surface area contributed by atoms with Gasteiger partial charge in [0.1, 0.15) is 5.54 Å². The van der Waals surface area contributed by atoms with Crippen molar-refractivity contribution in [2.45, 2.75) is 70.8 Å². The van der Waals surface area contributed by atoms with Gasteiger partial charge < -0.3 is 5.11 Å². The molecular formula is C15H23NO4. The van der Waals surface area contributed by atoms with Crippen LogP contribution in [-0.4, -0.2) is 33.3 Å². The van der Waals surface area contributed by atoms with Crippen LogP contribution in [0.25, 0.3) is 0 Å². The van der Waals surface area contributed by atoms with Crippen LogP contribution in [-0.2, 0) is 14.4 Å². The Morgan fingerprint density at radius 3 is 1.85 bits per heavy atom. The molecule has 0 atom stereocenters. The van der Waals surface area contributed by atoms with Gasteiger partial charge >= 0.3 is 5.97 Å². The van der Waals surface area contributed by atoms with Crippen LogP contribution in [0, 0.1) is 5.41 Å². The molecule has 0 aromatic rings. The van der Waals surface area contributed by atoms with Crippen molar-refractivity contribution in [3.05, 3.63) is 0 Å². The lowest BCUT2D eigenvalue weighted by atomic mass is 9.78. The maximum absolute atomic E-state index is 12.4. The fourth-order valence-corrected chi connectivity index (χ4v) is 3.50. The minimum Gasteiger partial charge on any atom is -0.479 e. The van der Waals surface area contributed by atoms with Crippen molar-refractivity contribution in [1.29, 1.82) is 0 Å². The Kier molecular flexibility index (Phi) is 3.89. The number of hydrogen-bond acceptors (Lipinski definition) is 3. The SMILES string of the molecule is CC1(C)CC(=O)N(C2(C(=O)O)CCCCCC2)C(=O)C1. The lowest BCUT2D eigenvalue weighted by molar-refractivity contribution is -0.173. The monoisotopic (exact) mass is 281 g/mol. The zero-order valence-corrected chi connectivity index (χ0v) is 12.3. The van der Waals surface area contributed by atoms with Crippen molar-refractivity contribution in [3.8, 4) is 0 Å². The van der Waals surface area contributed by atoms with Crippen molar-refractivity contribution >= 4 is 17.8 Å². The van der Waals surface area contributed by atoms with Crippen molar-refractivity contribution in [3.63, 3.8) is 0 Å². The summed E-state index contributed by atoms with van der Waals surface area (Å²) < 4.78 is 0. The molecule has 1 aliphatic carbocycles. The zero-order valence-electron chi connectivity index (χ0n) is 12.3. The number of rotatable bonds is 2. The first-order chi connectivity index (χ1) is 9.28. The van der Waals surface area contributed by atoms with E-state index in [0.717, 1.165) is 30.6 Å². The minimum absolute atomic E-state index is 0.244. The highest BCUT2D eigenvalue weighted by Gasteiger charge is 2.52.